The molecule has 0 radical (unpaired) electrons. The van der Waals surface area contributed by atoms with E-state index < -0.39 is 0 Å². The van der Waals surface area contributed by atoms with E-state index in [-0.39, 0.29) is 5.91 Å². The molecule has 1 aliphatic carbocycles. The van der Waals surface area contributed by atoms with E-state index in [1.807, 2.05) is 0 Å². The van der Waals surface area contributed by atoms with Crippen molar-refractivity contribution in [3.63, 3.8) is 0 Å². The molecule has 0 heterocycles. The molecule has 1 rings (SSSR count). The first-order valence-corrected chi connectivity index (χ1v) is 7.17. The lowest BCUT2D eigenvalue weighted by Crippen LogP contribution is -2.28. The summed E-state index contributed by atoms with van der Waals surface area (Å²) in [6, 6.07) is 0. The van der Waals surface area contributed by atoms with Gasteiger partial charge in [-0.25, -0.2) is 0 Å². The molecule has 0 aromatic rings. The molecular weight excluding hydrogens is 254 g/mol. The van der Waals surface area contributed by atoms with E-state index in [0.717, 1.165) is 30.6 Å². The maximum atomic E-state index is 11.5. The normalized spacial score (nSPS) is 19.1. The first-order chi connectivity index (χ1) is 7.22. The predicted octanol–water partition coefficient (Wildman–Crippen LogP) is 3.10. The van der Waals surface area contributed by atoms with Crippen molar-refractivity contribution in [2.75, 3.05) is 11.9 Å². The number of alkyl halides is 1. The van der Waals surface area contributed by atoms with Crippen molar-refractivity contribution in [2.45, 2.75) is 45.4 Å². The van der Waals surface area contributed by atoms with Crippen molar-refractivity contribution in [1.82, 2.24) is 5.32 Å². The summed E-state index contributed by atoms with van der Waals surface area (Å²) in [5.41, 5.74) is 0. The Kier molecular flexibility index (Phi) is 6.30. The molecule has 1 N–H and O–H groups in total. The van der Waals surface area contributed by atoms with Crippen LogP contribution in [0.2, 0.25) is 0 Å². The molecule has 1 aliphatic rings. The Labute approximate surface area is 101 Å². The lowest BCUT2D eigenvalue weighted by atomic mass is 10.0. The van der Waals surface area contributed by atoms with Crippen LogP contribution in [0.15, 0.2) is 0 Å². The van der Waals surface area contributed by atoms with Crippen LogP contribution in [0.3, 0.4) is 0 Å². The second-order valence-corrected chi connectivity index (χ2v) is 5.40. The minimum atomic E-state index is 0.231. The molecule has 0 aromatic carbocycles. The van der Waals surface area contributed by atoms with E-state index in [0.29, 0.717) is 5.92 Å². The Hall–Kier alpha value is -0.0500. The van der Waals surface area contributed by atoms with Gasteiger partial charge in [0.1, 0.15) is 0 Å². The van der Waals surface area contributed by atoms with Crippen LogP contribution in [-0.2, 0) is 4.79 Å². The van der Waals surface area contributed by atoms with Gasteiger partial charge in [0.25, 0.3) is 0 Å². The van der Waals surface area contributed by atoms with Crippen LogP contribution in [0.4, 0.5) is 0 Å². The zero-order valence-electron chi connectivity index (χ0n) is 9.60. The lowest BCUT2D eigenvalue weighted by molar-refractivity contribution is -0.121. The molecule has 0 spiro atoms. The highest BCUT2D eigenvalue weighted by Crippen LogP contribution is 2.28. The average Bonchev–Trinajstić information content (AvgIpc) is 2.75. The van der Waals surface area contributed by atoms with Gasteiger partial charge in [-0.1, -0.05) is 48.5 Å². The van der Waals surface area contributed by atoms with Gasteiger partial charge in [-0.15, -0.1) is 0 Å². The van der Waals surface area contributed by atoms with Crippen molar-refractivity contribution in [3.8, 4) is 0 Å². The highest BCUT2D eigenvalue weighted by atomic mass is 79.9. The molecule has 1 fully saturated rings. The number of carbonyl (C=O) groups is 1. The topological polar surface area (TPSA) is 29.1 Å². The molecule has 3 heteroatoms. The Bertz CT molecular complexity index is 190. The summed E-state index contributed by atoms with van der Waals surface area (Å²) in [6.45, 7) is 2.93. The minimum absolute atomic E-state index is 0.231. The smallest absolute Gasteiger partial charge is 0.220 e. The van der Waals surface area contributed by atoms with Crippen molar-refractivity contribution >= 4 is 21.8 Å². The standard InChI is InChI=1S/C12H22BrNO/c1-10(8-13)9-14-12(15)7-6-11-4-2-3-5-11/h10-11H,2-9H2,1H3,(H,14,15). The zero-order valence-corrected chi connectivity index (χ0v) is 11.2. The SMILES string of the molecule is CC(CBr)CNC(=O)CCC1CCCC1. The van der Waals surface area contributed by atoms with E-state index in [1.165, 1.54) is 25.7 Å². The van der Waals surface area contributed by atoms with Gasteiger partial charge in [0.05, 0.1) is 0 Å². The van der Waals surface area contributed by atoms with Gasteiger partial charge in [-0.3, -0.25) is 4.79 Å². The maximum absolute atomic E-state index is 11.5. The number of hydrogen-bond donors (Lipinski definition) is 1. The van der Waals surface area contributed by atoms with Crippen LogP contribution >= 0.6 is 15.9 Å². The van der Waals surface area contributed by atoms with Crippen LogP contribution in [0.5, 0.6) is 0 Å². The summed E-state index contributed by atoms with van der Waals surface area (Å²) in [6.07, 6.45) is 7.23. The Morgan fingerprint density at radius 3 is 2.73 bits per heavy atom. The first-order valence-electron chi connectivity index (χ1n) is 6.05. The van der Waals surface area contributed by atoms with Gasteiger partial charge >= 0.3 is 0 Å². The number of hydrogen-bond acceptors (Lipinski definition) is 1. The van der Waals surface area contributed by atoms with Crippen molar-refractivity contribution < 1.29 is 4.79 Å². The number of carbonyl (C=O) groups excluding carboxylic acids is 1. The fourth-order valence-electron chi connectivity index (χ4n) is 2.07. The molecular formula is C12H22BrNO. The summed E-state index contributed by atoms with van der Waals surface area (Å²) < 4.78 is 0. The molecule has 0 aliphatic heterocycles. The van der Waals surface area contributed by atoms with Gasteiger partial charge in [0.2, 0.25) is 5.91 Å². The van der Waals surface area contributed by atoms with Gasteiger partial charge in [0, 0.05) is 18.3 Å². The third-order valence-electron chi connectivity index (χ3n) is 3.17. The fraction of sp³-hybridized carbons (Fsp3) is 0.917. The Morgan fingerprint density at radius 1 is 1.47 bits per heavy atom. The zero-order chi connectivity index (χ0) is 11.1. The van der Waals surface area contributed by atoms with Crippen molar-refractivity contribution in [2.24, 2.45) is 11.8 Å². The first kappa shape index (κ1) is 13.0. The molecule has 88 valence electrons. The molecule has 0 aromatic heterocycles. The van der Waals surface area contributed by atoms with Crippen molar-refractivity contribution in [3.05, 3.63) is 0 Å². The van der Waals surface area contributed by atoms with Gasteiger partial charge in [-0.05, 0) is 18.3 Å². The average molecular weight is 276 g/mol. The lowest BCUT2D eigenvalue weighted by Gasteiger charge is -2.11. The molecule has 1 atom stereocenters. The second kappa shape index (κ2) is 7.26. The molecule has 0 bridgehead atoms. The Balaban J connectivity index is 2.02. The quantitative estimate of drug-likeness (QED) is 0.742. The summed E-state index contributed by atoms with van der Waals surface area (Å²) in [5, 5.41) is 3.94. The van der Waals surface area contributed by atoms with E-state index >= 15 is 0 Å². The predicted molar refractivity (Wildman–Crippen MR) is 67.2 cm³/mol. The largest absolute Gasteiger partial charge is 0.356 e. The molecule has 1 amide bonds. The summed E-state index contributed by atoms with van der Waals surface area (Å²) in [4.78, 5) is 11.5. The van der Waals surface area contributed by atoms with E-state index in [1.54, 1.807) is 0 Å². The highest BCUT2D eigenvalue weighted by Gasteiger charge is 2.16. The van der Waals surface area contributed by atoms with Crippen LogP contribution in [0.1, 0.15) is 45.4 Å². The van der Waals surface area contributed by atoms with Crippen LogP contribution in [0.25, 0.3) is 0 Å². The monoisotopic (exact) mass is 275 g/mol. The maximum Gasteiger partial charge on any atom is 0.220 e. The molecule has 0 saturated heterocycles. The third kappa shape index (κ3) is 5.55. The van der Waals surface area contributed by atoms with Crippen LogP contribution < -0.4 is 5.32 Å². The summed E-state index contributed by atoms with van der Waals surface area (Å²) in [7, 11) is 0. The second-order valence-electron chi connectivity index (χ2n) is 4.75. The van der Waals surface area contributed by atoms with Gasteiger partial charge in [0.15, 0.2) is 0 Å². The number of nitrogens with one attached hydrogen (secondary N) is 1. The number of rotatable bonds is 6. The van der Waals surface area contributed by atoms with E-state index in [4.69, 9.17) is 0 Å². The summed E-state index contributed by atoms with van der Waals surface area (Å²) >= 11 is 3.41. The minimum Gasteiger partial charge on any atom is -0.356 e. The van der Waals surface area contributed by atoms with Crippen LogP contribution in [-0.4, -0.2) is 17.8 Å². The van der Waals surface area contributed by atoms with Crippen LogP contribution in [0, 0.1) is 11.8 Å². The summed E-state index contributed by atoms with van der Waals surface area (Å²) in [5.74, 6) is 1.58. The fourth-order valence-corrected chi connectivity index (χ4v) is 2.29. The highest BCUT2D eigenvalue weighted by molar-refractivity contribution is 9.09. The van der Waals surface area contributed by atoms with E-state index in [9.17, 15) is 4.79 Å². The van der Waals surface area contributed by atoms with Gasteiger partial charge < -0.3 is 5.32 Å². The third-order valence-corrected chi connectivity index (χ3v) is 4.27. The number of halogens is 1. The molecule has 15 heavy (non-hydrogen) atoms. The molecule has 1 unspecified atom stereocenters. The van der Waals surface area contributed by atoms with E-state index in [2.05, 4.69) is 28.2 Å². The molecule has 1 saturated carbocycles. The Morgan fingerprint density at radius 2 is 2.13 bits per heavy atom. The number of amides is 1. The van der Waals surface area contributed by atoms with Crippen molar-refractivity contribution in [1.29, 1.82) is 0 Å². The molecule has 2 nitrogen and oxygen atoms in total. The van der Waals surface area contributed by atoms with Gasteiger partial charge in [-0.2, -0.15) is 0 Å².